The molecule has 2 N–H and O–H groups in total. The lowest BCUT2D eigenvalue weighted by Gasteiger charge is -2.24. The smallest absolute Gasteiger partial charge is 0.310 e. The molecular formula is C23H21ClO7. The van der Waals surface area contributed by atoms with Gasteiger partial charge in [0.25, 0.3) is 0 Å². The van der Waals surface area contributed by atoms with E-state index in [9.17, 15) is 19.8 Å². The average molecular weight is 445 g/mol. The lowest BCUT2D eigenvalue weighted by atomic mass is 9.96. The molecule has 2 aromatic carbocycles. The van der Waals surface area contributed by atoms with E-state index in [0.29, 0.717) is 16.3 Å². The van der Waals surface area contributed by atoms with Crippen molar-refractivity contribution in [2.45, 2.75) is 45.0 Å². The molecule has 0 aliphatic carbocycles. The molecule has 1 aliphatic rings. The van der Waals surface area contributed by atoms with Crippen molar-refractivity contribution in [1.29, 1.82) is 0 Å². The van der Waals surface area contributed by atoms with E-state index < -0.39 is 23.1 Å². The van der Waals surface area contributed by atoms with Gasteiger partial charge in [0.05, 0.1) is 12.0 Å². The predicted molar refractivity (Wildman–Crippen MR) is 114 cm³/mol. The second-order valence-electron chi connectivity index (χ2n) is 8.08. The number of phenolic OH excluding ortho intramolecular Hbond substituents is 1. The van der Waals surface area contributed by atoms with Gasteiger partial charge >= 0.3 is 5.97 Å². The van der Waals surface area contributed by atoms with Crippen LogP contribution >= 0.6 is 11.6 Å². The fourth-order valence-corrected chi connectivity index (χ4v) is 3.62. The van der Waals surface area contributed by atoms with Crippen molar-refractivity contribution in [1.82, 2.24) is 0 Å². The first-order valence-electron chi connectivity index (χ1n) is 9.72. The van der Waals surface area contributed by atoms with Crippen LogP contribution < -0.4 is 10.2 Å². The number of rotatable bonds is 5. The van der Waals surface area contributed by atoms with E-state index in [1.54, 1.807) is 38.1 Å². The number of carbonyl (C=O) groups is 1. The maximum absolute atomic E-state index is 12.6. The molecule has 0 saturated heterocycles. The summed E-state index contributed by atoms with van der Waals surface area (Å²) >= 11 is 5.83. The lowest BCUT2D eigenvalue weighted by molar-refractivity contribution is -0.144. The highest BCUT2D eigenvalue weighted by Gasteiger charge is 2.37. The van der Waals surface area contributed by atoms with Crippen molar-refractivity contribution >= 4 is 28.5 Å². The van der Waals surface area contributed by atoms with Gasteiger partial charge in [0.1, 0.15) is 40.9 Å². The van der Waals surface area contributed by atoms with Crippen molar-refractivity contribution in [2.24, 2.45) is 0 Å². The molecule has 7 nitrogen and oxygen atoms in total. The highest BCUT2D eigenvalue weighted by atomic mass is 35.5. The molecule has 8 heteroatoms. The monoisotopic (exact) mass is 444 g/mol. The summed E-state index contributed by atoms with van der Waals surface area (Å²) in [6, 6.07) is 9.52. The van der Waals surface area contributed by atoms with Gasteiger partial charge in [-0.2, -0.15) is 0 Å². The second kappa shape index (κ2) is 7.90. The topological polar surface area (TPSA) is 106 Å². The third-order valence-electron chi connectivity index (χ3n) is 5.19. The molecule has 2 heterocycles. The number of phenols is 1. The summed E-state index contributed by atoms with van der Waals surface area (Å²) in [5.74, 6) is -0.229. The summed E-state index contributed by atoms with van der Waals surface area (Å²) in [5.41, 5.74) is -0.276. The minimum atomic E-state index is -1.13. The third-order valence-corrected chi connectivity index (χ3v) is 5.44. The SMILES string of the molecule is CC(C)(O)C1Cc2c(cc3oc(COC(=O)Cc4ccc(Cl)cc4)cc(=O)c3c2O)O1. The van der Waals surface area contributed by atoms with Crippen molar-refractivity contribution in [3.05, 3.63) is 68.5 Å². The number of aromatic hydroxyl groups is 1. The van der Waals surface area contributed by atoms with Gasteiger partial charge in [0.2, 0.25) is 0 Å². The highest BCUT2D eigenvalue weighted by Crippen LogP contribution is 2.42. The second-order valence-corrected chi connectivity index (χ2v) is 8.52. The number of carbonyl (C=O) groups excluding carboxylic acids is 1. The zero-order valence-corrected chi connectivity index (χ0v) is 17.7. The Morgan fingerprint density at radius 1 is 1.26 bits per heavy atom. The Morgan fingerprint density at radius 2 is 1.97 bits per heavy atom. The Bertz CT molecular complexity index is 1210. The zero-order valence-electron chi connectivity index (χ0n) is 17.0. The molecule has 0 saturated carbocycles. The summed E-state index contributed by atoms with van der Waals surface area (Å²) in [6.07, 6.45) is -0.242. The maximum Gasteiger partial charge on any atom is 0.310 e. The van der Waals surface area contributed by atoms with Crippen LogP contribution in [0.15, 0.2) is 45.6 Å². The molecule has 1 aliphatic heterocycles. The maximum atomic E-state index is 12.6. The van der Waals surface area contributed by atoms with E-state index in [1.807, 2.05) is 0 Å². The molecule has 0 amide bonds. The predicted octanol–water partition coefficient (Wildman–Crippen LogP) is 3.51. The summed E-state index contributed by atoms with van der Waals surface area (Å²) < 4.78 is 16.7. The Morgan fingerprint density at radius 3 is 2.65 bits per heavy atom. The average Bonchev–Trinajstić information content (AvgIpc) is 3.13. The number of hydrogen-bond acceptors (Lipinski definition) is 7. The summed E-state index contributed by atoms with van der Waals surface area (Å²) in [5, 5.41) is 21.4. The number of ether oxygens (including phenoxy) is 2. The number of esters is 1. The molecule has 1 atom stereocenters. The molecular weight excluding hydrogens is 424 g/mol. The van der Waals surface area contributed by atoms with Crippen LogP contribution in [0.4, 0.5) is 0 Å². The minimum Gasteiger partial charge on any atom is -0.507 e. The first-order chi connectivity index (χ1) is 14.6. The van der Waals surface area contributed by atoms with Gasteiger partial charge < -0.3 is 24.1 Å². The van der Waals surface area contributed by atoms with Crippen LogP contribution in [0, 0.1) is 0 Å². The van der Waals surface area contributed by atoms with Crippen LogP contribution in [0.3, 0.4) is 0 Å². The molecule has 0 bridgehead atoms. The zero-order chi connectivity index (χ0) is 22.3. The normalized spacial score (nSPS) is 15.5. The van der Waals surface area contributed by atoms with E-state index in [1.165, 1.54) is 12.1 Å². The van der Waals surface area contributed by atoms with Gasteiger partial charge in [-0.25, -0.2) is 0 Å². The Kier molecular flexibility index (Phi) is 5.41. The van der Waals surface area contributed by atoms with Crippen LogP contribution in [0.25, 0.3) is 11.0 Å². The van der Waals surface area contributed by atoms with Gasteiger partial charge in [-0.1, -0.05) is 23.7 Å². The van der Waals surface area contributed by atoms with Crippen LogP contribution in [-0.4, -0.2) is 27.9 Å². The van der Waals surface area contributed by atoms with Crippen LogP contribution in [0.1, 0.15) is 30.7 Å². The quantitative estimate of drug-likeness (QED) is 0.580. The summed E-state index contributed by atoms with van der Waals surface area (Å²) in [7, 11) is 0. The van der Waals surface area contributed by atoms with E-state index >= 15 is 0 Å². The van der Waals surface area contributed by atoms with Gasteiger partial charge in [-0.05, 0) is 31.5 Å². The molecule has 4 rings (SSSR count). The minimum absolute atomic E-state index is 0.0231. The Hall–Kier alpha value is -3.03. The van der Waals surface area contributed by atoms with Crippen molar-refractivity contribution in [3.63, 3.8) is 0 Å². The molecule has 0 radical (unpaired) electrons. The first kappa shape index (κ1) is 21.2. The van der Waals surface area contributed by atoms with Crippen molar-refractivity contribution < 1.29 is 28.9 Å². The van der Waals surface area contributed by atoms with Gasteiger partial charge in [-0.3, -0.25) is 9.59 Å². The molecule has 0 fully saturated rings. The van der Waals surface area contributed by atoms with E-state index in [4.69, 9.17) is 25.5 Å². The summed E-state index contributed by atoms with van der Waals surface area (Å²) in [6.45, 7) is 2.99. The first-order valence-corrected chi connectivity index (χ1v) is 10.1. The van der Waals surface area contributed by atoms with Gasteiger partial charge in [-0.15, -0.1) is 0 Å². The van der Waals surface area contributed by atoms with Crippen molar-refractivity contribution in [3.8, 4) is 11.5 Å². The van der Waals surface area contributed by atoms with Gasteiger partial charge in [0.15, 0.2) is 5.43 Å². The Labute approximate surface area is 182 Å². The molecule has 31 heavy (non-hydrogen) atoms. The third kappa shape index (κ3) is 4.38. The van der Waals surface area contributed by atoms with Crippen LogP contribution in [-0.2, 0) is 29.0 Å². The number of fused-ring (bicyclic) bond motifs is 2. The molecule has 3 aromatic rings. The van der Waals surface area contributed by atoms with E-state index in [2.05, 4.69) is 0 Å². The van der Waals surface area contributed by atoms with Gasteiger partial charge in [0, 0.05) is 29.1 Å². The standard InChI is InChI=1S/C23H21ClO7/c1-23(2,28)19-9-15-17(31-19)10-18-21(22(15)27)16(25)8-14(30-18)11-29-20(26)7-12-3-5-13(24)6-4-12/h3-6,8,10,19,27-28H,7,9,11H2,1-2H3. The molecule has 1 unspecified atom stereocenters. The largest absolute Gasteiger partial charge is 0.507 e. The number of hydrogen-bond donors (Lipinski definition) is 2. The lowest BCUT2D eigenvalue weighted by Crippen LogP contribution is -2.39. The van der Waals surface area contributed by atoms with Crippen molar-refractivity contribution in [2.75, 3.05) is 0 Å². The van der Waals surface area contributed by atoms with E-state index in [-0.39, 0.29) is 41.9 Å². The molecule has 1 aromatic heterocycles. The molecule has 162 valence electrons. The fraction of sp³-hybridized carbons (Fsp3) is 0.304. The summed E-state index contributed by atoms with van der Waals surface area (Å²) in [4.78, 5) is 24.7. The number of halogens is 1. The Balaban J connectivity index is 1.54. The highest BCUT2D eigenvalue weighted by molar-refractivity contribution is 6.30. The van der Waals surface area contributed by atoms with Crippen LogP contribution in [0.5, 0.6) is 11.5 Å². The molecule has 0 spiro atoms. The van der Waals surface area contributed by atoms with Crippen LogP contribution in [0.2, 0.25) is 5.02 Å². The fourth-order valence-electron chi connectivity index (χ4n) is 3.49. The number of aliphatic hydroxyl groups is 1. The van der Waals surface area contributed by atoms with E-state index in [0.717, 1.165) is 5.56 Å². The number of benzene rings is 2.